The molecule has 13 heteroatoms. The minimum Gasteiger partial charge on any atom is -0.568 e. The van der Waals surface area contributed by atoms with Crippen LogP contribution in [0.1, 0.15) is 19.7 Å². The topological polar surface area (TPSA) is 102 Å². The lowest BCUT2D eigenvalue weighted by molar-refractivity contribution is -0.0425. The van der Waals surface area contributed by atoms with E-state index < -0.39 is 21.2 Å². The summed E-state index contributed by atoms with van der Waals surface area (Å²) in [5.74, 6) is 0.468. The van der Waals surface area contributed by atoms with Gasteiger partial charge in [-0.25, -0.2) is 13.4 Å². The largest absolute Gasteiger partial charge is 0.568 e. The maximum absolute atomic E-state index is 12.7. The first-order chi connectivity index (χ1) is 12.6. The summed E-state index contributed by atoms with van der Waals surface area (Å²) < 4.78 is 68.0. The molecule has 8 nitrogen and oxygen atoms in total. The second-order valence-electron chi connectivity index (χ2n) is 5.18. The van der Waals surface area contributed by atoms with Gasteiger partial charge in [0.25, 0.3) is 0 Å². The van der Waals surface area contributed by atoms with E-state index in [1.54, 1.807) is 13.0 Å². The number of anilines is 1. The summed E-state index contributed by atoms with van der Waals surface area (Å²) in [4.78, 5) is 5.78. The number of hydrogen-bond donors (Lipinski definition) is 0. The highest BCUT2D eigenvalue weighted by Crippen LogP contribution is 2.42. The van der Waals surface area contributed by atoms with E-state index in [9.17, 15) is 21.6 Å². The molecule has 0 bridgehead atoms. The molecule has 1 aromatic heterocycles. The van der Waals surface area contributed by atoms with Crippen LogP contribution in [0, 0.1) is 6.92 Å². The normalized spacial score (nSPS) is 12.5. The minimum atomic E-state index is -5.73. The van der Waals surface area contributed by atoms with Crippen molar-refractivity contribution >= 4 is 43.7 Å². The van der Waals surface area contributed by atoms with Gasteiger partial charge in [-0.05, 0) is 32.9 Å². The fourth-order valence-corrected chi connectivity index (χ4v) is 3.07. The van der Waals surface area contributed by atoms with Gasteiger partial charge in [0.1, 0.15) is 5.82 Å². The van der Waals surface area contributed by atoms with Gasteiger partial charge < -0.3 is 9.62 Å². The number of hydrogen-bond acceptors (Lipinski definition) is 8. The molecule has 0 radical (unpaired) electrons. The van der Waals surface area contributed by atoms with Crippen molar-refractivity contribution in [2.75, 3.05) is 18.0 Å². The van der Waals surface area contributed by atoms with E-state index >= 15 is 0 Å². The van der Waals surface area contributed by atoms with Crippen molar-refractivity contribution in [2.24, 2.45) is 10.2 Å². The quantitative estimate of drug-likeness (QED) is 0.588. The Hall–Kier alpha value is -2.28. The van der Waals surface area contributed by atoms with Gasteiger partial charge in [-0.3, -0.25) is 0 Å². The molecule has 0 fully saturated rings. The van der Waals surface area contributed by atoms with Crippen LogP contribution in [0.2, 0.25) is 0 Å². The highest BCUT2D eigenvalue weighted by molar-refractivity contribution is 7.95. The Kier molecular flexibility index (Phi) is 6.36. The van der Waals surface area contributed by atoms with E-state index in [4.69, 9.17) is 0 Å². The lowest BCUT2D eigenvalue weighted by Crippen LogP contribution is -2.22. The first-order valence-corrected chi connectivity index (χ1v) is 9.94. The van der Waals surface area contributed by atoms with Crippen LogP contribution in [-0.2, 0) is 10.0 Å². The van der Waals surface area contributed by atoms with Crippen molar-refractivity contribution < 1.29 is 21.6 Å². The van der Waals surface area contributed by atoms with E-state index in [1.165, 1.54) is 12.1 Å². The van der Waals surface area contributed by atoms with Crippen LogP contribution in [0.25, 0.3) is 4.72 Å². The molecule has 0 atom stereocenters. The third kappa shape index (κ3) is 5.13. The number of benzene rings is 1. The van der Waals surface area contributed by atoms with E-state index in [2.05, 4.69) is 24.3 Å². The number of aromatic nitrogens is 2. The molecular weight excluding hydrogens is 405 g/mol. The summed E-state index contributed by atoms with van der Waals surface area (Å²) in [7, 11) is -5.73. The standard InChI is InChI=1S/C14H16F3N6O2S2/c1-4-23(5-2)10-6-7-11(19-20-13-18-9(3)21-26-13)12(8-10)22-27(24,25)14(15,16)17/h6-8H,4-5H2,1-3H3/q-1. The Balaban J connectivity index is 2.47. The van der Waals surface area contributed by atoms with Crippen molar-refractivity contribution in [1.82, 2.24) is 9.36 Å². The molecule has 0 aliphatic heterocycles. The van der Waals surface area contributed by atoms with E-state index in [0.717, 1.165) is 11.5 Å². The molecule has 27 heavy (non-hydrogen) atoms. The van der Waals surface area contributed by atoms with Gasteiger partial charge in [0.15, 0.2) is 10.0 Å². The van der Waals surface area contributed by atoms with E-state index in [0.29, 0.717) is 24.6 Å². The number of alkyl halides is 3. The number of halogens is 3. The highest BCUT2D eigenvalue weighted by atomic mass is 32.2. The molecule has 0 aliphatic carbocycles. The van der Waals surface area contributed by atoms with Crippen molar-refractivity contribution in [2.45, 2.75) is 26.3 Å². The first kappa shape index (κ1) is 21.0. The zero-order valence-electron chi connectivity index (χ0n) is 14.6. The van der Waals surface area contributed by atoms with Gasteiger partial charge in [0, 0.05) is 30.3 Å². The summed E-state index contributed by atoms with van der Waals surface area (Å²) in [5, 5.41) is 7.77. The lowest BCUT2D eigenvalue weighted by Gasteiger charge is -2.28. The summed E-state index contributed by atoms with van der Waals surface area (Å²) >= 11 is 0.949. The molecule has 0 aliphatic rings. The summed E-state index contributed by atoms with van der Waals surface area (Å²) in [6.45, 7) is 6.52. The van der Waals surface area contributed by atoms with Crippen molar-refractivity contribution in [3.63, 3.8) is 0 Å². The number of rotatable bonds is 7. The Morgan fingerprint density at radius 1 is 1.22 bits per heavy atom. The SMILES string of the molecule is CCN(CC)c1ccc(N=Nc2nc(C)ns2)c([N-]S(=O)(=O)C(F)(F)F)c1. The Labute approximate surface area is 158 Å². The minimum absolute atomic E-state index is 0.133. The molecule has 1 aromatic carbocycles. The monoisotopic (exact) mass is 421 g/mol. The van der Waals surface area contributed by atoms with Gasteiger partial charge in [0.05, 0.1) is 5.69 Å². The molecular formula is C14H16F3N6O2S2-. The van der Waals surface area contributed by atoms with E-state index in [1.807, 2.05) is 18.7 Å². The second-order valence-corrected chi connectivity index (χ2v) is 7.51. The average Bonchev–Trinajstić information content (AvgIpc) is 2.99. The van der Waals surface area contributed by atoms with Crippen molar-refractivity contribution in [3.8, 4) is 0 Å². The highest BCUT2D eigenvalue weighted by Gasteiger charge is 2.39. The van der Waals surface area contributed by atoms with E-state index in [-0.39, 0.29) is 10.8 Å². The van der Waals surface area contributed by atoms with Crippen LogP contribution in [0.4, 0.5) is 35.4 Å². The predicted molar refractivity (Wildman–Crippen MR) is 96.8 cm³/mol. The van der Waals surface area contributed by atoms with Gasteiger partial charge in [-0.2, -0.15) is 17.5 Å². The lowest BCUT2D eigenvalue weighted by atomic mass is 10.2. The molecule has 1 heterocycles. The van der Waals surface area contributed by atoms with Crippen LogP contribution in [-0.4, -0.2) is 36.4 Å². The summed E-state index contributed by atoms with van der Waals surface area (Å²) in [6, 6.07) is 4.19. The predicted octanol–water partition coefficient (Wildman–Crippen LogP) is 4.96. The molecule has 0 saturated heterocycles. The first-order valence-electron chi connectivity index (χ1n) is 7.72. The van der Waals surface area contributed by atoms with Crippen LogP contribution < -0.4 is 4.90 Å². The number of sulfonamides is 1. The van der Waals surface area contributed by atoms with Crippen LogP contribution >= 0.6 is 11.5 Å². The fraction of sp³-hybridized carbons (Fsp3) is 0.429. The summed E-state index contributed by atoms with van der Waals surface area (Å²) in [6.07, 6.45) is 0. The zero-order chi connectivity index (χ0) is 20.2. The number of nitrogens with zero attached hydrogens (tertiary/aromatic N) is 6. The van der Waals surface area contributed by atoms with Gasteiger partial charge in [0.2, 0.25) is 5.13 Å². The second kappa shape index (κ2) is 8.17. The third-order valence-electron chi connectivity index (χ3n) is 3.36. The van der Waals surface area contributed by atoms with Gasteiger partial charge in [-0.1, -0.05) is 11.8 Å². The Morgan fingerprint density at radius 3 is 2.41 bits per heavy atom. The van der Waals surface area contributed by atoms with Crippen molar-refractivity contribution in [3.05, 3.63) is 28.7 Å². The molecule has 0 spiro atoms. The molecule has 0 saturated carbocycles. The molecule has 0 unspecified atom stereocenters. The van der Waals surface area contributed by atoms with Crippen LogP contribution in [0.3, 0.4) is 0 Å². The van der Waals surface area contributed by atoms with Crippen molar-refractivity contribution in [1.29, 1.82) is 0 Å². The molecule has 148 valence electrons. The number of azo groups is 1. The zero-order valence-corrected chi connectivity index (χ0v) is 16.2. The Bertz CT molecular complexity index is 923. The maximum atomic E-state index is 12.7. The molecule has 2 rings (SSSR count). The van der Waals surface area contributed by atoms with Gasteiger partial charge >= 0.3 is 5.51 Å². The molecule has 0 amide bonds. The Morgan fingerprint density at radius 2 is 1.89 bits per heavy atom. The molecule has 0 N–H and O–H groups in total. The van der Waals surface area contributed by atoms with Gasteiger partial charge in [-0.15, -0.1) is 10.2 Å². The van der Waals surface area contributed by atoms with Crippen LogP contribution in [0.15, 0.2) is 28.4 Å². The average molecular weight is 421 g/mol. The fourth-order valence-electron chi connectivity index (χ4n) is 2.06. The molecule has 2 aromatic rings. The van der Waals surface area contributed by atoms with Crippen LogP contribution in [0.5, 0.6) is 0 Å². The third-order valence-corrected chi connectivity index (χ3v) is 5.07. The maximum Gasteiger partial charge on any atom is 0.483 e. The smallest absolute Gasteiger partial charge is 0.483 e. The summed E-state index contributed by atoms with van der Waals surface area (Å²) in [5.41, 5.74) is -5.58. The number of aryl methyl sites for hydroxylation is 1.